The molecule has 148 valence electrons. The summed E-state index contributed by atoms with van der Waals surface area (Å²) in [5, 5.41) is 0. The van der Waals surface area contributed by atoms with E-state index in [2.05, 4.69) is 29.2 Å². The Morgan fingerprint density at radius 1 is 0.767 bits per heavy atom. The summed E-state index contributed by atoms with van der Waals surface area (Å²) in [6, 6.07) is 29.7. The zero-order valence-electron chi connectivity index (χ0n) is 16.7. The molecule has 0 N–H and O–H groups in total. The topological polar surface area (TPSA) is 47.2 Å². The summed E-state index contributed by atoms with van der Waals surface area (Å²) >= 11 is 0. The largest absolute Gasteiger partial charge is 0.328 e. The lowest BCUT2D eigenvalue weighted by Gasteiger charge is -2.09. The smallest absolute Gasteiger partial charge is 0.228 e. The molecule has 1 aromatic heterocycles. The van der Waals surface area contributed by atoms with Crippen LogP contribution in [0.5, 0.6) is 0 Å². The zero-order chi connectivity index (χ0) is 20.6. The fourth-order valence-electron chi connectivity index (χ4n) is 3.39. The molecule has 30 heavy (non-hydrogen) atoms. The van der Waals surface area contributed by atoms with Gasteiger partial charge in [-0.25, -0.2) is 4.98 Å². The Bertz CT molecular complexity index is 1080. The van der Waals surface area contributed by atoms with Gasteiger partial charge >= 0.3 is 0 Å². The molecule has 0 saturated heterocycles. The quantitative estimate of drug-likeness (QED) is 0.239. The van der Waals surface area contributed by atoms with E-state index >= 15 is 0 Å². The van der Waals surface area contributed by atoms with Crippen molar-refractivity contribution in [3.05, 3.63) is 126 Å². The van der Waals surface area contributed by atoms with Crippen molar-refractivity contribution in [1.82, 2.24) is 9.55 Å². The number of nitrogens with zero attached hydrogens (tertiary/aromatic N) is 3. The molecule has 4 aromatic rings. The molecule has 0 aliphatic rings. The highest BCUT2D eigenvalue weighted by molar-refractivity contribution is 6.12. The summed E-state index contributed by atoms with van der Waals surface area (Å²) in [7, 11) is 0. The van der Waals surface area contributed by atoms with Gasteiger partial charge < -0.3 is 4.57 Å². The van der Waals surface area contributed by atoms with Gasteiger partial charge in [0.2, 0.25) is 5.78 Å². The molecule has 0 bridgehead atoms. The maximum Gasteiger partial charge on any atom is 0.228 e. The average molecular weight is 393 g/mol. The van der Waals surface area contributed by atoms with Crippen molar-refractivity contribution in [1.29, 1.82) is 0 Å². The van der Waals surface area contributed by atoms with Crippen LogP contribution in [0, 0.1) is 0 Å². The zero-order valence-corrected chi connectivity index (χ0v) is 16.7. The van der Waals surface area contributed by atoms with Gasteiger partial charge in [-0.2, -0.15) is 0 Å². The molecule has 0 saturated carbocycles. The van der Waals surface area contributed by atoms with Crippen molar-refractivity contribution in [3.8, 4) is 0 Å². The molecule has 0 spiro atoms. The Kier molecular flexibility index (Phi) is 6.25. The Hall–Kier alpha value is -3.79. The van der Waals surface area contributed by atoms with E-state index in [-0.39, 0.29) is 5.78 Å². The van der Waals surface area contributed by atoms with Gasteiger partial charge in [0, 0.05) is 42.2 Å². The highest BCUT2D eigenvalue weighted by Crippen LogP contribution is 2.12. The highest BCUT2D eigenvalue weighted by Gasteiger charge is 2.14. The van der Waals surface area contributed by atoms with Gasteiger partial charge in [-0.05, 0) is 6.42 Å². The van der Waals surface area contributed by atoms with Crippen molar-refractivity contribution in [2.45, 2.75) is 13.0 Å². The van der Waals surface area contributed by atoms with E-state index in [9.17, 15) is 4.79 Å². The molecule has 4 rings (SSSR count). The molecule has 0 unspecified atom stereocenters. The van der Waals surface area contributed by atoms with Crippen molar-refractivity contribution in [3.63, 3.8) is 0 Å². The molecular formula is C26H23N3O. The highest BCUT2D eigenvalue weighted by atomic mass is 16.1. The molecule has 0 fully saturated rings. The first kappa shape index (κ1) is 19.5. The first-order chi connectivity index (χ1) is 14.8. The number of benzene rings is 3. The van der Waals surface area contributed by atoms with Crippen molar-refractivity contribution >= 4 is 11.5 Å². The lowest BCUT2D eigenvalue weighted by molar-refractivity contribution is 0.102. The summed E-state index contributed by atoms with van der Waals surface area (Å²) in [5.74, 6) is 0.412. The van der Waals surface area contributed by atoms with Crippen molar-refractivity contribution < 1.29 is 4.79 Å². The van der Waals surface area contributed by atoms with Crippen LogP contribution >= 0.6 is 0 Å². The molecule has 0 radical (unpaired) electrons. The second-order valence-electron chi connectivity index (χ2n) is 6.96. The monoisotopic (exact) mass is 393 g/mol. The van der Waals surface area contributed by atoms with Crippen LogP contribution in [0.4, 0.5) is 0 Å². The van der Waals surface area contributed by atoms with Gasteiger partial charge in [0.05, 0.1) is 5.71 Å². The number of carbonyl (C=O) groups is 1. The fraction of sp³-hybridized carbons (Fsp3) is 0.115. The number of aliphatic imine (C=N–C) groups is 1. The second kappa shape index (κ2) is 9.61. The molecular weight excluding hydrogens is 370 g/mol. The first-order valence-corrected chi connectivity index (χ1v) is 10.1. The van der Waals surface area contributed by atoms with E-state index in [0.29, 0.717) is 24.5 Å². The third-order valence-corrected chi connectivity index (χ3v) is 4.88. The van der Waals surface area contributed by atoms with Crippen LogP contribution in [-0.4, -0.2) is 27.6 Å². The molecule has 1 heterocycles. The number of hydrogen-bond donors (Lipinski definition) is 0. The molecule has 0 aliphatic carbocycles. The van der Waals surface area contributed by atoms with Crippen LogP contribution in [0.25, 0.3) is 0 Å². The van der Waals surface area contributed by atoms with E-state index in [1.54, 1.807) is 6.20 Å². The predicted molar refractivity (Wildman–Crippen MR) is 120 cm³/mol. The van der Waals surface area contributed by atoms with Crippen molar-refractivity contribution in [2.75, 3.05) is 6.54 Å². The molecule has 0 atom stereocenters. The number of ketones is 1. The number of hydrogen-bond acceptors (Lipinski definition) is 3. The number of rotatable bonds is 8. The van der Waals surface area contributed by atoms with Gasteiger partial charge in [0.25, 0.3) is 0 Å². The second-order valence-corrected chi connectivity index (χ2v) is 6.96. The summed E-state index contributed by atoms with van der Waals surface area (Å²) in [6.45, 7) is 1.35. The van der Waals surface area contributed by atoms with Gasteiger partial charge in [0.1, 0.15) is 0 Å². The molecule has 4 heteroatoms. The Balaban J connectivity index is 1.47. The molecule has 0 aliphatic heterocycles. The van der Waals surface area contributed by atoms with Gasteiger partial charge in [0.15, 0.2) is 5.82 Å². The summed E-state index contributed by atoms with van der Waals surface area (Å²) < 4.78 is 1.91. The minimum absolute atomic E-state index is 0.0571. The fourth-order valence-corrected chi connectivity index (χ4v) is 3.39. The van der Waals surface area contributed by atoms with Crippen LogP contribution in [0.3, 0.4) is 0 Å². The standard InChI is InChI=1S/C26H23N3O/c30-25(23-15-8-3-9-16-23)26-28-18-20-29(26)19-10-17-27-24(21-11-4-1-5-12-21)22-13-6-2-7-14-22/h1-9,11-16,18,20H,10,17,19H2. The maximum atomic E-state index is 12.7. The summed E-state index contributed by atoms with van der Waals surface area (Å²) in [4.78, 5) is 21.9. The summed E-state index contributed by atoms with van der Waals surface area (Å²) in [5.41, 5.74) is 3.85. The molecule has 4 nitrogen and oxygen atoms in total. The van der Waals surface area contributed by atoms with Crippen LogP contribution in [0.2, 0.25) is 0 Å². The van der Waals surface area contributed by atoms with Crippen LogP contribution in [0.1, 0.15) is 33.7 Å². The predicted octanol–water partition coefficient (Wildman–Crippen LogP) is 5.04. The van der Waals surface area contributed by atoms with E-state index in [0.717, 1.165) is 23.3 Å². The Morgan fingerprint density at radius 2 is 1.30 bits per heavy atom. The van der Waals surface area contributed by atoms with Gasteiger partial charge in [-0.1, -0.05) is 91.0 Å². The number of aryl methyl sites for hydroxylation is 1. The third-order valence-electron chi connectivity index (χ3n) is 4.88. The SMILES string of the molecule is O=C(c1ccccc1)c1nccn1CCCN=C(c1ccccc1)c1ccccc1. The van der Waals surface area contributed by atoms with E-state index < -0.39 is 0 Å². The minimum atomic E-state index is -0.0571. The van der Waals surface area contributed by atoms with E-state index in [1.165, 1.54) is 0 Å². The first-order valence-electron chi connectivity index (χ1n) is 10.1. The van der Waals surface area contributed by atoms with Crippen LogP contribution < -0.4 is 0 Å². The van der Waals surface area contributed by atoms with Crippen molar-refractivity contribution in [2.24, 2.45) is 4.99 Å². The average Bonchev–Trinajstić information content (AvgIpc) is 3.29. The summed E-state index contributed by atoms with van der Waals surface area (Å²) in [6.07, 6.45) is 4.35. The van der Waals surface area contributed by atoms with Crippen LogP contribution in [0.15, 0.2) is 108 Å². The van der Waals surface area contributed by atoms with Gasteiger partial charge in [-0.3, -0.25) is 9.79 Å². The lowest BCUT2D eigenvalue weighted by Crippen LogP contribution is -2.12. The minimum Gasteiger partial charge on any atom is -0.328 e. The Morgan fingerprint density at radius 3 is 1.87 bits per heavy atom. The van der Waals surface area contributed by atoms with E-state index in [4.69, 9.17) is 4.99 Å². The lowest BCUT2D eigenvalue weighted by atomic mass is 10.0. The molecule has 3 aromatic carbocycles. The Labute approximate surface area is 176 Å². The van der Waals surface area contributed by atoms with Crippen LogP contribution in [-0.2, 0) is 6.54 Å². The number of carbonyl (C=O) groups excluding carboxylic acids is 1. The maximum absolute atomic E-state index is 12.7. The molecule has 0 amide bonds. The van der Waals surface area contributed by atoms with E-state index in [1.807, 2.05) is 77.5 Å². The number of imidazole rings is 1. The van der Waals surface area contributed by atoms with Gasteiger partial charge in [-0.15, -0.1) is 0 Å². The number of aromatic nitrogens is 2. The normalized spacial score (nSPS) is 10.5. The third kappa shape index (κ3) is 4.61.